The van der Waals surface area contributed by atoms with Gasteiger partial charge in [-0.15, -0.1) is 5.01 Å². The normalized spacial score (nSPS) is 12.8. The van der Waals surface area contributed by atoms with Gasteiger partial charge in [0.15, 0.2) is 6.54 Å². The number of aliphatic carboxylic acids is 1. The van der Waals surface area contributed by atoms with Crippen molar-refractivity contribution in [2.45, 2.75) is 33.1 Å². The molecule has 0 aliphatic carbocycles. The van der Waals surface area contributed by atoms with Crippen LogP contribution in [0.5, 0.6) is 0 Å². The van der Waals surface area contributed by atoms with Crippen molar-refractivity contribution < 1.29 is 34.0 Å². The van der Waals surface area contributed by atoms with Crippen LogP contribution in [0.1, 0.15) is 20.8 Å². The molecular weight excluding hydrogens is 262 g/mol. The molecule has 110 valence electrons. The molecule has 0 aliphatic rings. The third kappa shape index (κ3) is 6.91. The summed E-state index contributed by atoms with van der Waals surface area (Å²) in [5.41, 5.74) is 0. The van der Waals surface area contributed by atoms with Crippen molar-refractivity contribution in [3.05, 3.63) is 5.21 Å². The van der Waals surface area contributed by atoms with E-state index in [1.165, 1.54) is 6.92 Å². The van der Waals surface area contributed by atoms with Crippen LogP contribution in [0.4, 0.5) is 4.79 Å². The van der Waals surface area contributed by atoms with Crippen LogP contribution in [0.2, 0.25) is 0 Å². The minimum atomic E-state index is -1.19. The number of hydrogen-bond donors (Lipinski definition) is 1. The average molecular weight is 279 g/mol. The SMILES string of the molecule is COC(=O)OC(C)ON=[N+]([O-])N(CC(=O)O)C(C)C. The molecule has 0 aliphatic heterocycles. The van der Waals surface area contributed by atoms with E-state index in [1.807, 2.05) is 0 Å². The number of hydrazine groups is 1. The third-order valence-corrected chi connectivity index (χ3v) is 1.81. The topological polar surface area (TPSA) is 124 Å². The summed E-state index contributed by atoms with van der Waals surface area (Å²) in [7, 11) is 1.11. The summed E-state index contributed by atoms with van der Waals surface area (Å²) < 4.78 is 8.70. The van der Waals surface area contributed by atoms with Gasteiger partial charge in [-0.3, -0.25) is 9.63 Å². The number of carbonyl (C=O) groups excluding carboxylic acids is 1. The molecule has 0 aromatic rings. The van der Waals surface area contributed by atoms with Crippen molar-refractivity contribution in [1.29, 1.82) is 0 Å². The first-order valence-corrected chi connectivity index (χ1v) is 5.34. The standard InChI is InChI=1S/C9H17N3O7/c1-6(2)11(5-8(13)14)12(16)10-19-7(3)18-9(15)17-4/h6-7H,5H2,1-4H3,(H,13,14). The van der Waals surface area contributed by atoms with Gasteiger partial charge < -0.3 is 19.8 Å². The van der Waals surface area contributed by atoms with Gasteiger partial charge in [0.2, 0.25) is 5.28 Å². The number of nitrogens with zero attached hydrogens (tertiary/aromatic N) is 3. The molecule has 1 atom stereocenters. The van der Waals surface area contributed by atoms with E-state index >= 15 is 0 Å². The molecule has 0 spiro atoms. The van der Waals surface area contributed by atoms with E-state index in [4.69, 9.17) is 5.11 Å². The van der Waals surface area contributed by atoms with Gasteiger partial charge in [0, 0.05) is 6.92 Å². The van der Waals surface area contributed by atoms with Crippen molar-refractivity contribution in [2.24, 2.45) is 5.28 Å². The van der Waals surface area contributed by atoms with Crippen LogP contribution in [0, 0.1) is 5.21 Å². The van der Waals surface area contributed by atoms with Crippen LogP contribution in [0.3, 0.4) is 0 Å². The Hall–Kier alpha value is -2.26. The number of rotatable bonds is 7. The highest BCUT2D eigenvalue weighted by molar-refractivity contribution is 5.68. The van der Waals surface area contributed by atoms with E-state index in [-0.39, 0.29) is 4.97 Å². The maximum Gasteiger partial charge on any atom is 0.511 e. The number of methoxy groups -OCH3 is 1. The zero-order valence-electron chi connectivity index (χ0n) is 11.1. The summed E-state index contributed by atoms with van der Waals surface area (Å²) in [6, 6.07) is -0.405. The summed E-state index contributed by atoms with van der Waals surface area (Å²) in [4.78, 5) is 25.8. The molecule has 0 saturated heterocycles. The van der Waals surface area contributed by atoms with Gasteiger partial charge >= 0.3 is 12.1 Å². The highest BCUT2D eigenvalue weighted by atomic mass is 16.8. The molecule has 0 fully saturated rings. The van der Waals surface area contributed by atoms with Gasteiger partial charge in [0.05, 0.1) is 18.1 Å². The minimum Gasteiger partial charge on any atom is -0.569 e. The summed E-state index contributed by atoms with van der Waals surface area (Å²) in [6.07, 6.45) is -2.14. The predicted octanol–water partition coefficient (Wildman–Crippen LogP) is 0.720. The summed E-state index contributed by atoms with van der Waals surface area (Å²) in [5, 5.41) is 24.1. The molecule has 0 aromatic carbocycles. The van der Waals surface area contributed by atoms with Crippen LogP contribution >= 0.6 is 0 Å². The Morgan fingerprint density at radius 1 is 1.42 bits per heavy atom. The molecular formula is C9H17N3O7. The van der Waals surface area contributed by atoms with Gasteiger partial charge in [-0.1, -0.05) is 0 Å². The van der Waals surface area contributed by atoms with Crippen LogP contribution in [0.25, 0.3) is 0 Å². The van der Waals surface area contributed by atoms with E-state index in [9.17, 15) is 14.8 Å². The first-order chi connectivity index (χ1) is 8.77. The molecule has 19 heavy (non-hydrogen) atoms. The third-order valence-electron chi connectivity index (χ3n) is 1.81. The molecule has 0 bridgehead atoms. The number of carboxylic acids is 1. The Kier molecular flexibility index (Phi) is 7.00. The predicted molar refractivity (Wildman–Crippen MR) is 59.6 cm³/mol. The maximum atomic E-state index is 11.5. The van der Waals surface area contributed by atoms with Gasteiger partial charge in [-0.2, -0.15) is 0 Å². The van der Waals surface area contributed by atoms with Crippen LogP contribution < -0.4 is 0 Å². The monoisotopic (exact) mass is 279 g/mol. The molecule has 10 heteroatoms. The summed E-state index contributed by atoms with van der Waals surface area (Å²) in [6.45, 7) is 3.99. The molecule has 0 amide bonds. The zero-order valence-corrected chi connectivity index (χ0v) is 11.1. The molecule has 1 N–H and O–H groups in total. The fourth-order valence-electron chi connectivity index (χ4n) is 0.938. The van der Waals surface area contributed by atoms with Gasteiger partial charge in [0.25, 0.3) is 6.29 Å². The van der Waals surface area contributed by atoms with E-state index in [1.54, 1.807) is 13.8 Å². The average Bonchev–Trinajstić information content (AvgIpc) is 2.32. The van der Waals surface area contributed by atoms with E-state index < -0.39 is 31.0 Å². The smallest absolute Gasteiger partial charge is 0.511 e. The van der Waals surface area contributed by atoms with Crippen molar-refractivity contribution in [1.82, 2.24) is 5.01 Å². The van der Waals surface area contributed by atoms with E-state index in [0.717, 1.165) is 12.1 Å². The molecule has 0 heterocycles. The summed E-state index contributed by atoms with van der Waals surface area (Å²) >= 11 is 0. The zero-order chi connectivity index (χ0) is 15.0. The fraction of sp³-hybridized carbons (Fsp3) is 0.778. The van der Waals surface area contributed by atoms with E-state index in [0.29, 0.717) is 0 Å². The second-order valence-electron chi connectivity index (χ2n) is 3.66. The van der Waals surface area contributed by atoms with Crippen molar-refractivity contribution in [2.75, 3.05) is 13.7 Å². The molecule has 10 nitrogen and oxygen atoms in total. The quantitative estimate of drug-likeness (QED) is 0.237. The van der Waals surface area contributed by atoms with Gasteiger partial charge in [-0.25, -0.2) is 4.79 Å². The Balaban J connectivity index is 4.50. The number of hydrogen-bond acceptors (Lipinski definition) is 7. The molecule has 0 saturated carbocycles. The number of ether oxygens (including phenoxy) is 2. The first kappa shape index (κ1) is 16.7. The second kappa shape index (κ2) is 7.95. The minimum absolute atomic E-state index is 0.0179. The molecule has 1 unspecified atom stereocenters. The highest BCUT2D eigenvalue weighted by Crippen LogP contribution is 2.02. The molecule has 0 radical (unpaired) electrons. The lowest BCUT2D eigenvalue weighted by Gasteiger charge is -2.19. The Bertz CT molecular complexity index is 345. The highest BCUT2D eigenvalue weighted by Gasteiger charge is 2.22. The van der Waals surface area contributed by atoms with Gasteiger partial charge in [0.1, 0.15) is 0 Å². The lowest BCUT2D eigenvalue weighted by molar-refractivity contribution is -0.717. The number of carbonyl (C=O) groups is 2. The number of carboxylic acid groups (broad SMARTS) is 1. The second-order valence-corrected chi connectivity index (χ2v) is 3.66. The largest absolute Gasteiger partial charge is 0.569 e. The Morgan fingerprint density at radius 2 is 2.00 bits per heavy atom. The first-order valence-electron chi connectivity index (χ1n) is 5.34. The van der Waals surface area contributed by atoms with Crippen molar-refractivity contribution >= 4 is 12.1 Å². The molecule has 0 aromatic heterocycles. The van der Waals surface area contributed by atoms with Crippen molar-refractivity contribution in [3.63, 3.8) is 0 Å². The maximum absolute atomic E-state index is 11.5. The fourth-order valence-corrected chi connectivity index (χ4v) is 0.938. The van der Waals surface area contributed by atoms with Crippen LogP contribution in [-0.4, -0.2) is 53.2 Å². The van der Waals surface area contributed by atoms with Gasteiger partial charge in [-0.05, 0) is 13.8 Å². The molecule has 0 rings (SSSR count). The Morgan fingerprint density at radius 3 is 2.42 bits per heavy atom. The van der Waals surface area contributed by atoms with Crippen LogP contribution in [0.15, 0.2) is 5.28 Å². The lowest BCUT2D eigenvalue weighted by atomic mass is 10.4. The van der Waals surface area contributed by atoms with Crippen molar-refractivity contribution in [3.8, 4) is 0 Å². The van der Waals surface area contributed by atoms with E-state index in [2.05, 4.69) is 19.6 Å². The summed E-state index contributed by atoms with van der Waals surface area (Å²) in [5.74, 6) is -1.19. The van der Waals surface area contributed by atoms with Crippen LogP contribution in [-0.2, 0) is 19.1 Å². The lowest BCUT2D eigenvalue weighted by Crippen LogP contribution is -2.40. The Labute approximate surface area is 109 Å².